The molecule has 126 valence electrons. The quantitative estimate of drug-likeness (QED) is 0.466. The van der Waals surface area contributed by atoms with Crippen LogP contribution in [-0.2, 0) is 0 Å². The van der Waals surface area contributed by atoms with Gasteiger partial charge in [-0.05, 0) is 63.4 Å². The third kappa shape index (κ3) is 2.57. The molecule has 4 heteroatoms. The molecule has 0 atom stereocenters. The topological polar surface area (TPSA) is 30.7 Å². The Morgan fingerprint density at radius 2 is 1.68 bits per heavy atom. The van der Waals surface area contributed by atoms with Gasteiger partial charge < -0.3 is 0 Å². The molecule has 4 aromatic rings. The van der Waals surface area contributed by atoms with Crippen molar-refractivity contribution in [2.24, 2.45) is 0 Å². The van der Waals surface area contributed by atoms with Gasteiger partial charge in [-0.3, -0.25) is 4.57 Å². The Balaban J connectivity index is 1.96. The van der Waals surface area contributed by atoms with E-state index in [0.717, 1.165) is 21.9 Å². The van der Waals surface area contributed by atoms with E-state index in [1.54, 1.807) is 11.3 Å². The van der Waals surface area contributed by atoms with Crippen molar-refractivity contribution in [2.75, 3.05) is 0 Å². The number of aromatic nitrogens is 3. The second kappa shape index (κ2) is 5.81. The van der Waals surface area contributed by atoms with Crippen molar-refractivity contribution in [3.05, 3.63) is 63.9 Å². The molecule has 2 aromatic carbocycles. The van der Waals surface area contributed by atoms with Gasteiger partial charge >= 0.3 is 0 Å². The number of thiazole rings is 1. The smallest absolute Gasteiger partial charge is 0.144 e. The second-order valence-corrected chi connectivity index (χ2v) is 7.92. The Morgan fingerprint density at radius 1 is 0.960 bits per heavy atom. The molecule has 0 spiro atoms. The Morgan fingerprint density at radius 3 is 2.40 bits per heavy atom. The molecule has 0 unspecified atom stereocenters. The fourth-order valence-electron chi connectivity index (χ4n) is 3.71. The lowest BCUT2D eigenvalue weighted by Crippen LogP contribution is -2.03. The summed E-state index contributed by atoms with van der Waals surface area (Å²) < 4.78 is 3.44. The first-order valence-corrected chi connectivity index (χ1v) is 9.26. The number of fused-ring (bicyclic) bond motifs is 1. The van der Waals surface area contributed by atoms with Gasteiger partial charge in [0.15, 0.2) is 0 Å². The van der Waals surface area contributed by atoms with Gasteiger partial charge in [0, 0.05) is 18.0 Å². The van der Waals surface area contributed by atoms with E-state index in [9.17, 15) is 0 Å². The molecule has 0 fully saturated rings. The van der Waals surface area contributed by atoms with Gasteiger partial charge in [0.25, 0.3) is 0 Å². The Bertz CT molecular complexity index is 1080. The molecule has 0 N–H and O–H groups in total. The van der Waals surface area contributed by atoms with E-state index in [1.807, 2.05) is 6.20 Å². The first-order chi connectivity index (χ1) is 12.0. The third-order valence-corrected chi connectivity index (χ3v) is 5.61. The maximum atomic E-state index is 4.71. The molecule has 0 aliphatic heterocycles. The van der Waals surface area contributed by atoms with E-state index >= 15 is 0 Å². The SMILES string of the molecule is Cc1cc(C)c(-n2ccnc2-c2ccc3sc(C)nc3c2C)c(C)c1. The number of hydrogen-bond donors (Lipinski definition) is 0. The Hall–Kier alpha value is -2.46. The highest BCUT2D eigenvalue weighted by atomic mass is 32.1. The molecule has 0 saturated carbocycles. The monoisotopic (exact) mass is 347 g/mol. The molecule has 0 amide bonds. The molecule has 2 heterocycles. The molecule has 3 nitrogen and oxygen atoms in total. The highest BCUT2D eigenvalue weighted by Gasteiger charge is 2.16. The summed E-state index contributed by atoms with van der Waals surface area (Å²) in [5.41, 5.74) is 8.45. The molecular formula is C21H21N3S. The molecular weight excluding hydrogens is 326 g/mol. The summed E-state index contributed by atoms with van der Waals surface area (Å²) in [4.78, 5) is 9.39. The summed E-state index contributed by atoms with van der Waals surface area (Å²) in [6.07, 6.45) is 3.93. The van der Waals surface area contributed by atoms with Crippen LogP contribution in [0.4, 0.5) is 0 Å². The molecule has 0 aliphatic carbocycles. The van der Waals surface area contributed by atoms with E-state index < -0.39 is 0 Å². The lowest BCUT2D eigenvalue weighted by molar-refractivity contribution is 1.03. The number of imidazole rings is 1. The molecule has 2 aromatic heterocycles. The van der Waals surface area contributed by atoms with E-state index in [2.05, 4.69) is 74.6 Å². The predicted octanol–water partition coefficient (Wildman–Crippen LogP) is 5.69. The number of rotatable bonds is 2. The van der Waals surface area contributed by atoms with Crippen LogP contribution in [0.25, 0.3) is 27.3 Å². The van der Waals surface area contributed by atoms with Gasteiger partial charge in [0.2, 0.25) is 0 Å². The van der Waals surface area contributed by atoms with Crippen molar-refractivity contribution >= 4 is 21.6 Å². The minimum Gasteiger partial charge on any atom is -0.299 e. The maximum Gasteiger partial charge on any atom is 0.144 e. The summed E-state index contributed by atoms with van der Waals surface area (Å²) in [6.45, 7) is 10.7. The van der Waals surface area contributed by atoms with Crippen LogP contribution in [0.15, 0.2) is 36.7 Å². The minimum atomic E-state index is 0.972. The van der Waals surface area contributed by atoms with Crippen LogP contribution in [-0.4, -0.2) is 14.5 Å². The number of aryl methyl sites for hydroxylation is 5. The van der Waals surface area contributed by atoms with Crippen LogP contribution in [0, 0.1) is 34.6 Å². The highest BCUT2D eigenvalue weighted by Crippen LogP contribution is 2.33. The van der Waals surface area contributed by atoms with Crippen molar-refractivity contribution < 1.29 is 0 Å². The van der Waals surface area contributed by atoms with Crippen LogP contribution in [0.3, 0.4) is 0 Å². The zero-order valence-electron chi connectivity index (χ0n) is 15.2. The van der Waals surface area contributed by atoms with Crippen molar-refractivity contribution in [2.45, 2.75) is 34.6 Å². The van der Waals surface area contributed by atoms with Gasteiger partial charge in [0.1, 0.15) is 5.82 Å². The van der Waals surface area contributed by atoms with Crippen molar-refractivity contribution in [1.82, 2.24) is 14.5 Å². The average molecular weight is 347 g/mol. The number of benzene rings is 2. The van der Waals surface area contributed by atoms with Crippen LogP contribution in [0.5, 0.6) is 0 Å². The summed E-state index contributed by atoms with van der Waals surface area (Å²) in [7, 11) is 0. The average Bonchev–Trinajstić information content (AvgIpc) is 3.13. The summed E-state index contributed by atoms with van der Waals surface area (Å²) in [5, 5.41) is 1.10. The maximum absolute atomic E-state index is 4.71. The second-order valence-electron chi connectivity index (χ2n) is 6.69. The fourth-order valence-corrected chi connectivity index (χ4v) is 4.60. The molecule has 0 saturated heterocycles. The van der Waals surface area contributed by atoms with E-state index in [4.69, 9.17) is 4.98 Å². The Kier molecular flexibility index (Phi) is 3.73. The zero-order valence-corrected chi connectivity index (χ0v) is 16.0. The first kappa shape index (κ1) is 16.0. The largest absolute Gasteiger partial charge is 0.299 e. The van der Waals surface area contributed by atoms with E-state index in [0.29, 0.717) is 0 Å². The van der Waals surface area contributed by atoms with Crippen molar-refractivity contribution in [3.8, 4) is 17.1 Å². The van der Waals surface area contributed by atoms with Crippen LogP contribution >= 0.6 is 11.3 Å². The summed E-state index contributed by atoms with van der Waals surface area (Å²) in [5.74, 6) is 0.972. The van der Waals surface area contributed by atoms with Gasteiger partial charge in [-0.1, -0.05) is 17.7 Å². The first-order valence-electron chi connectivity index (χ1n) is 8.44. The van der Waals surface area contributed by atoms with Crippen LogP contribution in [0.2, 0.25) is 0 Å². The third-order valence-electron chi connectivity index (χ3n) is 4.68. The normalized spacial score (nSPS) is 11.4. The number of hydrogen-bond acceptors (Lipinski definition) is 3. The predicted molar refractivity (Wildman–Crippen MR) is 106 cm³/mol. The van der Waals surface area contributed by atoms with Crippen LogP contribution in [0.1, 0.15) is 27.3 Å². The Labute approximate surface area is 152 Å². The lowest BCUT2D eigenvalue weighted by Gasteiger charge is -2.16. The van der Waals surface area contributed by atoms with Crippen molar-refractivity contribution in [3.63, 3.8) is 0 Å². The molecule has 0 bridgehead atoms. The van der Waals surface area contributed by atoms with Crippen LogP contribution < -0.4 is 0 Å². The number of nitrogens with zero attached hydrogens (tertiary/aromatic N) is 3. The van der Waals surface area contributed by atoms with E-state index in [-0.39, 0.29) is 0 Å². The minimum absolute atomic E-state index is 0.972. The van der Waals surface area contributed by atoms with E-state index in [1.165, 1.54) is 32.6 Å². The molecule has 0 radical (unpaired) electrons. The molecule has 0 aliphatic rings. The van der Waals surface area contributed by atoms with Crippen molar-refractivity contribution in [1.29, 1.82) is 0 Å². The van der Waals surface area contributed by atoms with Gasteiger partial charge in [0.05, 0.1) is 20.9 Å². The molecule has 25 heavy (non-hydrogen) atoms. The van der Waals surface area contributed by atoms with Gasteiger partial charge in [-0.15, -0.1) is 11.3 Å². The standard InChI is InChI=1S/C21H21N3S/c1-12-10-13(2)20(14(3)11-12)24-9-8-22-21(24)17-6-7-18-19(15(17)4)23-16(5)25-18/h6-11H,1-5H3. The highest BCUT2D eigenvalue weighted by molar-refractivity contribution is 7.18. The van der Waals surface area contributed by atoms with Gasteiger partial charge in [-0.25, -0.2) is 9.97 Å². The fraction of sp³-hybridized carbons (Fsp3) is 0.238. The molecule has 4 rings (SSSR count). The lowest BCUT2D eigenvalue weighted by atomic mass is 10.0. The van der Waals surface area contributed by atoms with Gasteiger partial charge in [-0.2, -0.15) is 0 Å². The zero-order chi connectivity index (χ0) is 17.7. The summed E-state index contributed by atoms with van der Waals surface area (Å²) in [6, 6.07) is 8.79. The summed E-state index contributed by atoms with van der Waals surface area (Å²) >= 11 is 1.74.